The second kappa shape index (κ2) is 10.2. The van der Waals surface area contributed by atoms with Gasteiger partial charge in [0.05, 0.1) is 22.7 Å². The second-order valence-electron chi connectivity index (χ2n) is 6.45. The van der Waals surface area contributed by atoms with Gasteiger partial charge in [0.25, 0.3) is 0 Å². The third-order valence-corrected chi connectivity index (χ3v) is 5.46. The van der Waals surface area contributed by atoms with Crippen LogP contribution in [0.5, 0.6) is 0 Å². The lowest BCUT2D eigenvalue weighted by Crippen LogP contribution is -2.52. The first-order valence-electron chi connectivity index (χ1n) is 8.27. The molecule has 3 rings (SSSR count). The summed E-state index contributed by atoms with van der Waals surface area (Å²) < 4.78 is 12.9. The summed E-state index contributed by atoms with van der Waals surface area (Å²) in [6.07, 6.45) is 5.09. The van der Waals surface area contributed by atoms with Crippen LogP contribution in [0, 0.1) is 5.82 Å². The second-order valence-corrected chi connectivity index (χ2v) is 7.39. The van der Waals surface area contributed by atoms with Crippen molar-refractivity contribution in [2.75, 3.05) is 6.54 Å². The fourth-order valence-electron chi connectivity index (χ4n) is 3.22. The van der Waals surface area contributed by atoms with Gasteiger partial charge in [-0.2, -0.15) is 0 Å². The lowest BCUT2D eigenvalue weighted by atomic mass is 9.97. The molecule has 0 saturated heterocycles. The Morgan fingerprint density at radius 3 is 2.50 bits per heavy atom. The molecule has 0 atom stereocenters. The molecule has 1 aromatic heterocycles. The molecular weight excluding hydrogens is 396 g/mol. The molecule has 8 heteroatoms. The number of carbonyl (C=O) groups is 1. The molecule has 1 aliphatic carbocycles. The molecule has 1 amide bonds. The van der Waals surface area contributed by atoms with E-state index >= 15 is 0 Å². The maximum Gasteiger partial charge on any atom is 0.226 e. The Bertz CT molecular complexity index is 703. The minimum Gasteiger partial charge on any atom is -0.349 e. The maximum atomic E-state index is 12.9. The van der Waals surface area contributed by atoms with Gasteiger partial charge in [0.15, 0.2) is 0 Å². The molecule has 0 unspecified atom stereocenters. The number of thiazole rings is 1. The van der Waals surface area contributed by atoms with Crippen LogP contribution in [-0.2, 0) is 17.6 Å². The lowest BCUT2D eigenvalue weighted by molar-refractivity contribution is -0.122. The maximum absolute atomic E-state index is 12.9. The van der Waals surface area contributed by atoms with Crippen LogP contribution in [0.4, 0.5) is 4.39 Å². The molecule has 1 aromatic carbocycles. The molecule has 1 heterocycles. The van der Waals surface area contributed by atoms with Crippen LogP contribution in [0.25, 0.3) is 0 Å². The van der Waals surface area contributed by atoms with Gasteiger partial charge in [-0.05, 0) is 30.5 Å². The third kappa shape index (κ3) is 5.91. The van der Waals surface area contributed by atoms with Crippen LogP contribution in [0.1, 0.15) is 41.9 Å². The van der Waals surface area contributed by atoms with Crippen molar-refractivity contribution in [3.8, 4) is 0 Å². The van der Waals surface area contributed by atoms with Crippen LogP contribution in [0.3, 0.4) is 0 Å². The van der Waals surface area contributed by atoms with E-state index in [0.29, 0.717) is 13.0 Å². The molecule has 0 aliphatic heterocycles. The fourth-order valence-corrected chi connectivity index (χ4v) is 4.05. The molecule has 4 nitrogen and oxygen atoms in total. The Balaban J connectivity index is 0.00000169. The van der Waals surface area contributed by atoms with E-state index in [1.54, 1.807) is 12.1 Å². The molecule has 3 N–H and O–H groups in total. The zero-order chi connectivity index (χ0) is 17.0. The number of hydrogen-bond acceptors (Lipinski definition) is 4. The van der Waals surface area contributed by atoms with Gasteiger partial charge in [-0.1, -0.05) is 25.0 Å². The monoisotopic (exact) mass is 419 g/mol. The summed E-state index contributed by atoms with van der Waals surface area (Å²) in [7, 11) is 0. The number of hydrogen-bond donors (Lipinski definition) is 2. The van der Waals surface area contributed by atoms with Gasteiger partial charge < -0.3 is 11.1 Å². The molecule has 0 spiro atoms. The first-order valence-corrected chi connectivity index (χ1v) is 9.15. The number of carbonyl (C=O) groups excluding carboxylic acids is 1. The van der Waals surface area contributed by atoms with Gasteiger partial charge in [-0.15, -0.1) is 36.2 Å². The van der Waals surface area contributed by atoms with Crippen molar-refractivity contribution >= 4 is 42.1 Å². The largest absolute Gasteiger partial charge is 0.349 e. The number of nitrogens with two attached hydrogens (primary N) is 1. The molecular formula is C18H24Cl2FN3OS. The Morgan fingerprint density at radius 1 is 1.23 bits per heavy atom. The SMILES string of the molecule is Cl.Cl.NCC1(NC(=O)Cc2csc(Cc3ccc(F)cc3)n2)CCCC1. The van der Waals surface area contributed by atoms with E-state index in [0.717, 1.165) is 41.9 Å². The summed E-state index contributed by atoms with van der Waals surface area (Å²) >= 11 is 1.53. The lowest BCUT2D eigenvalue weighted by Gasteiger charge is -2.28. The van der Waals surface area contributed by atoms with Crippen molar-refractivity contribution in [3.63, 3.8) is 0 Å². The molecule has 26 heavy (non-hydrogen) atoms. The standard InChI is InChI=1S/C18H22FN3OS.2ClH/c19-14-5-3-13(4-6-14)9-17-21-15(11-24-17)10-16(23)22-18(12-20)7-1-2-8-18;;/h3-6,11H,1-2,7-10,12,20H2,(H,22,23);2*1H. The molecule has 1 saturated carbocycles. The van der Waals surface area contributed by atoms with E-state index in [4.69, 9.17) is 5.73 Å². The highest BCUT2D eigenvalue weighted by atomic mass is 35.5. The zero-order valence-corrected chi connectivity index (χ0v) is 16.8. The Kier molecular flexibility index (Phi) is 8.96. The number of rotatable bonds is 6. The van der Waals surface area contributed by atoms with E-state index in [1.165, 1.54) is 23.5 Å². The molecule has 0 radical (unpaired) electrons. The van der Waals surface area contributed by atoms with Gasteiger partial charge in [0, 0.05) is 18.3 Å². The number of amides is 1. The number of nitrogens with one attached hydrogen (secondary N) is 1. The first kappa shape index (κ1) is 22.8. The predicted molar refractivity (Wildman–Crippen MR) is 108 cm³/mol. The molecule has 0 bridgehead atoms. The van der Waals surface area contributed by atoms with Crippen molar-refractivity contribution in [1.29, 1.82) is 0 Å². The number of nitrogens with zero attached hydrogens (tertiary/aromatic N) is 1. The van der Waals surface area contributed by atoms with Gasteiger partial charge in [-0.3, -0.25) is 4.79 Å². The summed E-state index contributed by atoms with van der Waals surface area (Å²) in [5.41, 5.74) is 7.42. The zero-order valence-electron chi connectivity index (χ0n) is 14.4. The van der Waals surface area contributed by atoms with Gasteiger partial charge in [-0.25, -0.2) is 9.37 Å². The Hall–Kier alpha value is -1.21. The van der Waals surface area contributed by atoms with E-state index in [-0.39, 0.29) is 48.5 Å². The van der Waals surface area contributed by atoms with E-state index < -0.39 is 0 Å². The summed E-state index contributed by atoms with van der Waals surface area (Å²) in [5.74, 6) is -0.253. The highest BCUT2D eigenvalue weighted by Crippen LogP contribution is 2.28. The van der Waals surface area contributed by atoms with Crippen LogP contribution in [0.2, 0.25) is 0 Å². The molecule has 144 valence electrons. The van der Waals surface area contributed by atoms with Crippen LogP contribution < -0.4 is 11.1 Å². The average molecular weight is 420 g/mol. The molecule has 1 aliphatic rings. The summed E-state index contributed by atoms with van der Waals surface area (Å²) in [4.78, 5) is 16.8. The topological polar surface area (TPSA) is 68.0 Å². The minimum atomic E-state index is -0.240. The van der Waals surface area contributed by atoms with Crippen LogP contribution in [-0.4, -0.2) is 23.0 Å². The number of benzene rings is 1. The Labute approximate surface area is 169 Å². The van der Waals surface area contributed by atoms with E-state index in [1.807, 2.05) is 5.38 Å². The van der Waals surface area contributed by atoms with Crippen LogP contribution in [0.15, 0.2) is 29.6 Å². The van der Waals surface area contributed by atoms with Gasteiger partial charge in [0.1, 0.15) is 5.82 Å². The number of halogens is 3. The fraction of sp³-hybridized carbons (Fsp3) is 0.444. The van der Waals surface area contributed by atoms with Gasteiger partial charge >= 0.3 is 0 Å². The molecule has 1 fully saturated rings. The van der Waals surface area contributed by atoms with Crippen molar-refractivity contribution in [2.24, 2.45) is 5.73 Å². The van der Waals surface area contributed by atoms with Gasteiger partial charge in [0.2, 0.25) is 5.91 Å². The number of aromatic nitrogens is 1. The van der Waals surface area contributed by atoms with Crippen molar-refractivity contribution in [3.05, 3.63) is 51.7 Å². The first-order chi connectivity index (χ1) is 11.6. The smallest absolute Gasteiger partial charge is 0.226 e. The summed E-state index contributed by atoms with van der Waals surface area (Å²) in [5, 5.41) is 5.96. The van der Waals surface area contributed by atoms with Crippen molar-refractivity contribution in [1.82, 2.24) is 10.3 Å². The normalized spacial score (nSPS) is 15.0. The highest BCUT2D eigenvalue weighted by molar-refractivity contribution is 7.09. The molecule has 2 aromatic rings. The van der Waals surface area contributed by atoms with E-state index in [2.05, 4.69) is 10.3 Å². The quantitative estimate of drug-likeness (QED) is 0.750. The highest BCUT2D eigenvalue weighted by Gasteiger charge is 2.33. The van der Waals surface area contributed by atoms with Crippen LogP contribution >= 0.6 is 36.2 Å². The Morgan fingerprint density at radius 2 is 1.88 bits per heavy atom. The van der Waals surface area contributed by atoms with Crippen molar-refractivity contribution in [2.45, 2.75) is 44.1 Å². The average Bonchev–Trinajstić information content (AvgIpc) is 3.20. The third-order valence-electron chi connectivity index (χ3n) is 4.57. The summed E-state index contributed by atoms with van der Waals surface area (Å²) in [6.45, 7) is 0.492. The van der Waals surface area contributed by atoms with Crippen molar-refractivity contribution < 1.29 is 9.18 Å². The van der Waals surface area contributed by atoms with E-state index in [9.17, 15) is 9.18 Å². The predicted octanol–water partition coefficient (Wildman–Crippen LogP) is 3.65. The minimum absolute atomic E-state index is 0. The summed E-state index contributed by atoms with van der Waals surface area (Å²) in [6, 6.07) is 6.42.